The highest BCUT2D eigenvalue weighted by Gasteiger charge is 2.33. The van der Waals surface area contributed by atoms with Gasteiger partial charge in [-0.05, 0) is 52.3 Å². The third-order valence-electron chi connectivity index (χ3n) is 4.33. The third kappa shape index (κ3) is 10.2. The number of carbonyl (C=O) groups is 3. The molecular formula is C20H24N5O5PS4. The lowest BCUT2D eigenvalue weighted by Crippen LogP contribution is -2.33. The number of nitrogens with one attached hydrogen (secondary N) is 2. The average molecular weight is 574 g/mol. The molecule has 2 aromatic heterocycles. The van der Waals surface area contributed by atoms with Crippen molar-refractivity contribution in [2.75, 3.05) is 18.5 Å². The monoisotopic (exact) mass is 573 g/mol. The van der Waals surface area contributed by atoms with Crippen molar-refractivity contribution in [3.8, 4) is 0 Å². The molecular weight excluding hydrogens is 549 g/mol. The SMILES string of the molecule is O=C(CCNP(=O)(CCCSSc1ccccn1)NSSc1ccccn1)ON1C(=O)CCC1=O. The molecule has 0 bridgehead atoms. The van der Waals surface area contributed by atoms with E-state index in [1.165, 1.54) is 21.8 Å². The second-order valence-electron chi connectivity index (χ2n) is 7.02. The number of aromatic nitrogens is 2. The molecule has 10 nitrogen and oxygen atoms in total. The first-order chi connectivity index (χ1) is 17.0. The van der Waals surface area contributed by atoms with E-state index in [1.54, 1.807) is 34.0 Å². The Labute approximate surface area is 219 Å². The van der Waals surface area contributed by atoms with Crippen LogP contribution in [0.15, 0.2) is 58.8 Å². The maximum absolute atomic E-state index is 13.5. The summed E-state index contributed by atoms with van der Waals surface area (Å²) >= 11 is 0. The molecule has 1 atom stereocenters. The number of hydrogen-bond acceptors (Lipinski definition) is 11. The van der Waals surface area contributed by atoms with Crippen molar-refractivity contribution in [3.63, 3.8) is 0 Å². The predicted octanol–water partition coefficient (Wildman–Crippen LogP) is 4.33. The standard InChI is InChI=1S/C20H24N5O5PS4/c26-18-8-9-19(27)25(18)30-20(28)10-13-23-31(29,24-35-34-17-7-2-4-12-22-17)14-5-15-32-33-16-6-1-3-11-21-16/h1-4,6-7,11-12H,5,8-10,13-15H2,(H2,23,24,29). The van der Waals surface area contributed by atoms with Crippen molar-refractivity contribution in [2.45, 2.75) is 35.7 Å². The van der Waals surface area contributed by atoms with Gasteiger partial charge in [-0.25, -0.2) is 14.8 Å². The van der Waals surface area contributed by atoms with Crippen molar-refractivity contribution < 1.29 is 23.8 Å². The van der Waals surface area contributed by atoms with E-state index in [-0.39, 0.29) is 25.8 Å². The lowest BCUT2D eigenvalue weighted by atomic mass is 10.4. The molecule has 3 heterocycles. The summed E-state index contributed by atoms with van der Waals surface area (Å²) in [6, 6.07) is 11.2. The predicted molar refractivity (Wildman–Crippen MR) is 140 cm³/mol. The van der Waals surface area contributed by atoms with E-state index in [2.05, 4.69) is 19.5 Å². The largest absolute Gasteiger partial charge is 0.334 e. The first kappa shape index (κ1) is 28.0. The summed E-state index contributed by atoms with van der Waals surface area (Å²) in [6.07, 6.45) is 4.36. The Morgan fingerprint density at radius 1 is 1.03 bits per heavy atom. The lowest BCUT2D eigenvalue weighted by Gasteiger charge is -2.20. The Morgan fingerprint density at radius 3 is 2.31 bits per heavy atom. The molecule has 1 saturated heterocycles. The number of carbonyl (C=O) groups excluding carboxylic acids is 3. The zero-order chi connectivity index (χ0) is 24.9. The number of amides is 2. The molecule has 35 heavy (non-hydrogen) atoms. The minimum atomic E-state index is -3.06. The highest BCUT2D eigenvalue weighted by molar-refractivity contribution is 8.77. The molecule has 1 unspecified atom stereocenters. The highest BCUT2D eigenvalue weighted by atomic mass is 33.1. The first-order valence-electron chi connectivity index (χ1n) is 10.6. The Bertz CT molecular complexity index is 1020. The van der Waals surface area contributed by atoms with Gasteiger partial charge in [0.1, 0.15) is 10.1 Å². The molecule has 0 aromatic carbocycles. The van der Waals surface area contributed by atoms with Gasteiger partial charge < -0.3 is 4.84 Å². The molecule has 0 aliphatic carbocycles. The molecule has 188 valence electrons. The van der Waals surface area contributed by atoms with Crippen molar-refractivity contribution >= 4 is 68.6 Å². The molecule has 1 fully saturated rings. The van der Waals surface area contributed by atoms with E-state index in [9.17, 15) is 18.9 Å². The highest BCUT2D eigenvalue weighted by Crippen LogP contribution is 2.44. The topological polar surface area (TPSA) is 131 Å². The molecule has 15 heteroatoms. The number of imide groups is 1. The fourth-order valence-electron chi connectivity index (χ4n) is 2.66. The maximum Gasteiger partial charge on any atom is 0.334 e. The van der Waals surface area contributed by atoms with Crippen LogP contribution in [0.5, 0.6) is 0 Å². The van der Waals surface area contributed by atoms with Gasteiger partial charge in [0.05, 0.1) is 6.42 Å². The van der Waals surface area contributed by atoms with Crippen LogP contribution in [0.3, 0.4) is 0 Å². The average Bonchev–Trinajstić information content (AvgIpc) is 3.17. The minimum absolute atomic E-state index is 0.0330. The van der Waals surface area contributed by atoms with Crippen LogP contribution in [0.2, 0.25) is 0 Å². The van der Waals surface area contributed by atoms with Crippen LogP contribution >= 0.6 is 50.8 Å². The zero-order valence-electron chi connectivity index (χ0n) is 18.5. The number of hydrogen-bond donors (Lipinski definition) is 2. The van der Waals surface area contributed by atoms with Gasteiger partial charge in [0, 0.05) is 54.7 Å². The van der Waals surface area contributed by atoms with Crippen molar-refractivity contribution in [1.29, 1.82) is 0 Å². The molecule has 2 N–H and O–H groups in total. The van der Waals surface area contributed by atoms with Crippen LogP contribution in [-0.2, 0) is 23.8 Å². The molecule has 0 radical (unpaired) electrons. The Hall–Kier alpha value is -1.54. The summed E-state index contributed by atoms with van der Waals surface area (Å²) in [7, 11) is 2.67. The number of nitrogens with zero attached hydrogens (tertiary/aromatic N) is 3. The number of hydroxylamine groups is 2. The summed E-state index contributed by atoms with van der Waals surface area (Å²) in [5, 5.41) is 5.13. The molecule has 0 spiro atoms. The summed E-state index contributed by atoms with van der Waals surface area (Å²) < 4.78 is 16.5. The maximum atomic E-state index is 13.5. The van der Waals surface area contributed by atoms with Gasteiger partial charge in [-0.1, -0.05) is 22.9 Å². The third-order valence-corrected chi connectivity index (χ3v) is 11.8. The quantitative estimate of drug-likeness (QED) is 0.103. The van der Waals surface area contributed by atoms with Crippen LogP contribution in [-0.4, -0.2) is 51.3 Å². The molecule has 2 aromatic rings. The fourth-order valence-corrected chi connectivity index (χ4v) is 9.63. The summed E-state index contributed by atoms with van der Waals surface area (Å²) in [5.74, 6) is -1.06. The van der Waals surface area contributed by atoms with Crippen LogP contribution in [0.1, 0.15) is 25.7 Å². The molecule has 0 saturated carbocycles. The van der Waals surface area contributed by atoms with Crippen molar-refractivity contribution in [2.24, 2.45) is 0 Å². The minimum Gasteiger partial charge on any atom is -0.330 e. The smallest absolute Gasteiger partial charge is 0.330 e. The van der Waals surface area contributed by atoms with Gasteiger partial charge in [-0.3, -0.25) is 19.2 Å². The van der Waals surface area contributed by atoms with Crippen molar-refractivity contribution in [1.82, 2.24) is 24.6 Å². The Balaban J connectivity index is 1.45. The van der Waals surface area contributed by atoms with E-state index in [4.69, 9.17) is 4.84 Å². The van der Waals surface area contributed by atoms with Gasteiger partial charge >= 0.3 is 5.97 Å². The molecule has 1 aliphatic heterocycles. The second kappa shape index (κ2) is 14.9. The normalized spacial score (nSPS) is 15.3. The first-order valence-corrected chi connectivity index (χ1v) is 16.9. The number of rotatable bonds is 15. The molecule has 2 amide bonds. The van der Waals surface area contributed by atoms with Gasteiger partial charge in [0.2, 0.25) is 7.44 Å². The van der Waals surface area contributed by atoms with Crippen LogP contribution < -0.4 is 9.58 Å². The van der Waals surface area contributed by atoms with E-state index in [0.29, 0.717) is 17.6 Å². The van der Waals surface area contributed by atoms with Gasteiger partial charge in [-0.15, -0.1) is 5.06 Å². The molecule has 3 rings (SSSR count). The molecule has 1 aliphatic rings. The Kier molecular flexibility index (Phi) is 11.9. The summed E-state index contributed by atoms with van der Waals surface area (Å²) in [5.41, 5.74) is 0. The van der Waals surface area contributed by atoms with E-state index < -0.39 is 25.2 Å². The summed E-state index contributed by atoms with van der Waals surface area (Å²) in [6.45, 7) is 0.0595. The van der Waals surface area contributed by atoms with E-state index in [0.717, 1.165) is 15.8 Å². The number of pyridine rings is 2. The second-order valence-corrected chi connectivity index (χ2v) is 14.2. The summed E-state index contributed by atoms with van der Waals surface area (Å²) in [4.78, 5) is 48.6. The van der Waals surface area contributed by atoms with Crippen LogP contribution in [0, 0.1) is 0 Å². The van der Waals surface area contributed by atoms with Gasteiger partial charge in [0.15, 0.2) is 0 Å². The van der Waals surface area contributed by atoms with Crippen LogP contribution in [0.4, 0.5) is 0 Å². The van der Waals surface area contributed by atoms with Crippen LogP contribution in [0.25, 0.3) is 0 Å². The van der Waals surface area contributed by atoms with Gasteiger partial charge in [-0.2, -0.15) is 4.49 Å². The van der Waals surface area contributed by atoms with E-state index >= 15 is 0 Å². The van der Waals surface area contributed by atoms with Gasteiger partial charge in [0.25, 0.3) is 11.8 Å². The van der Waals surface area contributed by atoms with Crippen molar-refractivity contribution in [3.05, 3.63) is 48.8 Å². The fraction of sp³-hybridized carbons (Fsp3) is 0.350. The zero-order valence-corrected chi connectivity index (χ0v) is 22.7. The lowest BCUT2D eigenvalue weighted by molar-refractivity contribution is -0.197. The van der Waals surface area contributed by atoms with E-state index in [1.807, 2.05) is 36.4 Å². The Morgan fingerprint density at radius 2 is 1.69 bits per heavy atom.